The van der Waals surface area contributed by atoms with Crippen LogP contribution in [0.2, 0.25) is 0 Å². The molecule has 1 aromatic rings. The molecule has 26 heavy (non-hydrogen) atoms. The number of aliphatic hydroxyl groups is 1. The Morgan fingerprint density at radius 1 is 1.15 bits per heavy atom. The smallest absolute Gasteiger partial charge is 0.0618 e. The summed E-state index contributed by atoms with van der Waals surface area (Å²) in [5.74, 6) is 0.509. The first-order valence-corrected chi connectivity index (χ1v) is 10.8. The van der Waals surface area contributed by atoms with Gasteiger partial charge in [0.05, 0.1) is 12.7 Å². The normalized spacial score (nSPS) is 28.3. The minimum atomic E-state index is -0.364. The molecule has 0 radical (unpaired) electrons. The summed E-state index contributed by atoms with van der Waals surface area (Å²) in [4.78, 5) is 0. The van der Waals surface area contributed by atoms with Crippen molar-refractivity contribution in [3.8, 4) is 0 Å². The third-order valence-electron chi connectivity index (χ3n) is 6.44. The van der Waals surface area contributed by atoms with Gasteiger partial charge in [0.2, 0.25) is 0 Å². The zero-order valence-electron chi connectivity index (χ0n) is 16.5. The molecule has 1 fully saturated rings. The lowest BCUT2D eigenvalue weighted by Gasteiger charge is -2.26. The summed E-state index contributed by atoms with van der Waals surface area (Å²) in [6.45, 7) is 3.28. The SMILES string of the molecule is CCCCCCCOC1CCc2cc([C@H]3CC[C@@](N)(CO)C3)ccc2C1. The van der Waals surface area contributed by atoms with Crippen LogP contribution >= 0.6 is 0 Å². The maximum absolute atomic E-state index is 9.50. The summed E-state index contributed by atoms with van der Waals surface area (Å²) in [7, 11) is 0. The fraction of sp³-hybridized carbons (Fsp3) is 0.739. The van der Waals surface area contributed by atoms with Gasteiger partial charge in [0, 0.05) is 12.1 Å². The van der Waals surface area contributed by atoms with Gasteiger partial charge >= 0.3 is 0 Å². The van der Waals surface area contributed by atoms with E-state index in [9.17, 15) is 5.11 Å². The molecule has 0 aliphatic heterocycles. The van der Waals surface area contributed by atoms with Crippen LogP contribution in [0, 0.1) is 0 Å². The molecule has 1 saturated carbocycles. The number of nitrogens with two attached hydrogens (primary N) is 1. The minimum Gasteiger partial charge on any atom is -0.394 e. The number of unbranched alkanes of at least 4 members (excludes halogenated alkanes) is 4. The van der Waals surface area contributed by atoms with Crippen LogP contribution in [0.25, 0.3) is 0 Å². The molecule has 0 spiro atoms. The fourth-order valence-electron chi connectivity index (χ4n) is 4.68. The Balaban J connectivity index is 1.48. The first-order valence-electron chi connectivity index (χ1n) is 10.8. The highest BCUT2D eigenvalue weighted by Gasteiger charge is 2.36. The second-order valence-corrected chi connectivity index (χ2v) is 8.64. The van der Waals surface area contributed by atoms with Gasteiger partial charge in [-0.25, -0.2) is 0 Å². The molecule has 146 valence electrons. The van der Waals surface area contributed by atoms with Crippen molar-refractivity contribution in [3.05, 3.63) is 34.9 Å². The number of fused-ring (bicyclic) bond motifs is 1. The first-order chi connectivity index (χ1) is 12.6. The highest BCUT2D eigenvalue weighted by molar-refractivity contribution is 5.36. The molecule has 3 atom stereocenters. The van der Waals surface area contributed by atoms with Crippen LogP contribution in [0.4, 0.5) is 0 Å². The van der Waals surface area contributed by atoms with Gasteiger partial charge in [-0.2, -0.15) is 0 Å². The lowest BCUT2D eigenvalue weighted by Crippen LogP contribution is -2.40. The van der Waals surface area contributed by atoms with E-state index in [0.29, 0.717) is 12.0 Å². The molecule has 0 aromatic heterocycles. The summed E-state index contributed by atoms with van der Waals surface area (Å²) in [5, 5.41) is 9.50. The number of hydrogen-bond acceptors (Lipinski definition) is 3. The van der Waals surface area contributed by atoms with Crippen LogP contribution in [0.15, 0.2) is 18.2 Å². The molecule has 3 heteroatoms. The highest BCUT2D eigenvalue weighted by atomic mass is 16.5. The zero-order valence-corrected chi connectivity index (χ0v) is 16.5. The molecule has 0 bridgehead atoms. The number of hydrogen-bond donors (Lipinski definition) is 2. The van der Waals surface area contributed by atoms with Crippen molar-refractivity contribution >= 4 is 0 Å². The fourth-order valence-corrected chi connectivity index (χ4v) is 4.68. The number of aryl methyl sites for hydroxylation is 1. The van der Waals surface area contributed by atoms with Crippen LogP contribution in [-0.4, -0.2) is 30.0 Å². The third-order valence-corrected chi connectivity index (χ3v) is 6.44. The third kappa shape index (κ3) is 5.09. The van der Waals surface area contributed by atoms with E-state index >= 15 is 0 Å². The number of aliphatic hydroxyl groups excluding tert-OH is 1. The van der Waals surface area contributed by atoms with Gasteiger partial charge in [0.25, 0.3) is 0 Å². The molecule has 0 amide bonds. The standard InChI is InChI=1S/C23H37NO2/c1-2-3-4-5-6-13-26-22-10-9-18-14-19(7-8-20(18)15-22)21-11-12-23(24,16-21)17-25/h7-8,14,21-22,25H,2-6,9-13,15-17,24H2,1H3/t21-,22?,23-/m0/s1. The Morgan fingerprint density at radius 2 is 2.00 bits per heavy atom. The van der Waals surface area contributed by atoms with Crippen LogP contribution in [-0.2, 0) is 17.6 Å². The number of ether oxygens (including phenoxy) is 1. The largest absolute Gasteiger partial charge is 0.394 e. The molecule has 0 saturated heterocycles. The molecular weight excluding hydrogens is 322 g/mol. The Kier molecular flexibility index (Phi) is 7.13. The lowest BCUT2D eigenvalue weighted by atomic mass is 9.85. The van der Waals surface area contributed by atoms with E-state index in [0.717, 1.165) is 45.1 Å². The Bertz CT molecular complexity index is 573. The molecule has 3 rings (SSSR count). The second-order valence-electron chi connectivity index (χ2n) is 8.64. The topological polar surface area (TPSA) is 55.5 Å². The van der Waals surface area contributed by atoms with E-state index in [-0.39, 0.29) is 12.1 Å². The van der Waals surface area contributed by atoms with Crippen LogP contribution in [0.1, 0.15) is 87.3 Å². The van der Waals surface area contributed by atoms with E-state index < -0.39 is 0 Å². The lowest BCUT2D eigenvalue weighted by molar-refractivity contribution is 0.0417. The Morgan fingerprint density at radius 3 is 2.77 bits per heavy atom. The van der Waals surface area contributed by atoms with Crippen molar-refractivity contribution in [2.24, 2.45) is 5.73 Å². The molecule has 1 aromatic carbocycles. The average molecular weight is 360 g/mol. The molecule has 2 aliphatic rings. The van der Waals surface area contributed by atoms with Gasteiger partial charge in [-0.15, -0.1) is 0 Å². The summed E-state index contributed by atoms with van der Waals surface area (Å²) in [6, 6.07) is 7.01. The Hall–Kier alpha value is -0.900. The zero-order chi connectivity index (χ0) is 18.4. The van der Waals surface area contributed by atoms with Crippen LogP contribution in [0.5, 0.6) is 0 Å². The molecule has 3 nitrogen and oxygen atoms in total. The van der Waals surface area contributed by atoms with Crippen molar-refractivity contribution in [1.82, 2.24) is 0 Å². The molecule has 2 aliphatic carbocycles. The van der Waals surface area contributed by atoms with Crippen LogP contribution in [0.3, 0.4) is 0 Å². The number of rotatable bonds is 9. The first kappa shape index (κ1) is 19.9. The average Bonchev–Trinajstić information content (AvgIpc) is 3.07. The van der Waals surface area contributed by atoms with Crippen LogP contribution < -0.4 is 5.73 Å². The van der Waals surface area contributed by atoms with E-state index in [1.54, 1.807) is 0 Å². The van der Waals surface area contributed by atoms with Crippen molar-refractivity contribution < 1.29 is 9.84 Å². The van der Waals surface area contributed by atoms with E-state index in [4.69, 9.17) is 10.5 Å². The maximum Gasteiger partial charge on any atom is 0.0618 e. The molecule has 3 N–H and O–H groups in total. The van der Waals surface area contributed by atoms with Gasteiger partial charge in [0.1, 0.15) is 0 Å². The van der Waals surface area contributed by atoms with Crippen molar-refractivity contribution in [2.45, 2.75) is 95.1 Å². The van der Waals surface area contributed by atoms with Crippen molar-refractivity contribution in [1.29, 1.82) is 0 Å². The summed E-state index contributed by atoms with van der Waals surface area (Å²) >= 11 is 0. The van der Waals surface area contributed by atoms with Gasteiger partial charge in [0.15, 0.2) is 0 Å². The quantitative estimate of drug-likeness (QED) is 0.639. The monoisotopic (exact) mass is 359 g/mol. The predicted molar refractivity (Wildman–Crippen MR) is 108 cm³/mol. The summed E-state index contributed by atoms with van der Waals surface area (Å²) in [6.07, 6.45) is 13.2. The number of benzene rings is 1. The van der Waals surface area contributed by atoms with Gasteiger partial charge in [-0.3, -0.25) is 0 Å². The van der Waals surface area contributed by atoms with Crippen molar-refractivity contribution in [3.63, 3.8) is 0 Å². The minimum absolute atomic E-state index is 0.103. The summed E-state index contributed by atoms with van der Waals surface area (Å²) in [5.41, 5.74) is 10.3. The van der Waals surface area contributed by atoms with Gasteiger partial charge in [-0.05, 0) is 67.6 Å². The molecular formula is C23H37NO2. The Labute approximate surface area is 159 Å². The van der Waals surface area contributed by atoms with Gasteiger partial charge < -0.3 is 15.6 Å². The molecule has 1 unspecified atom stereocenters. The van der Waals surface area contributed by atoms with E-state index in [2.05, 4.69) is 25.1 Å². The predicted octanol–water partition coefficient (Wildman–Crippen LogP) is 4.49. The van der Waals surface area contributed by atoms with E-state index in [1.807, 2.05) is 0 Å². The molecule has 0 heterocycles. The van der Waals surface area contributed by atoms with E-state index in [1.165, 1.54) is 48.8 Å². The highest BCUT2D eigenvalue weighted by Crippen LogP contribution is 2.40. The van der Waals surface area contributed by atoms with Crippen molar-refractivity contribution in [2.75, 3.05) is 13.2 Å². The maximum atomic E-state index is 9.50. The summed E-state index contributed by atoms with van der Waals surface area (Å²) < 4.78 is 6.15. The second kappa shape index (κ2) is 9.34. The van der Waals surface area contributed by atoms with Gasteiger partial charge in [-0.1, -0.05) is 50.8 Å².